The molecule has 0 radical (unpaired) electrons. The van der Waals surface area contributed by atoms with Crippen LogP contribution >= 0.6 is 11.8 Å². The minimum Gasteiger partial charge on any atom is -0.497 e. The first kappa shape index (κ1) is 20.5. The fraction of sp³-hybridized carbons (Fsp3) is 0.0870. The number of aromatic nitrogens is 3. The summed E-state index contributed by atoms with van der Waals surface area (Å²) in [6.07, 6.45) is 1.61. The van der Waals surface area contributed by atoms with E-state index in [-0.39, 0.29) is 11.7 Å². The number of thioether (sulfide) groups is 1. The van der Waals surface area contributed by atoms with Gasteiger partial charge < -0.3 is 14.8 Å². The SMILES string of the molecule is COc1cccc(-n2cnnc2SCC(=O)Nc2ccccc2Oc2ccccc2)c1. The van der Waals surface area contributed by atoms with Gasteiger partial charge in [-0.1, -0.05) is 48.2 Å². The largest absolute Gasteiger partial charge is 0.497 e. The van der Waals surface area contributed by atoms with Crippen molar-refractivity contribution in [1.29, 1.82) is 0 Å². The van der Waals surface area contributed by atoms with E-state index in [1.165, 1.54) is 11.8 Å². The topological polar surface area (TPSA) is 78.3 Å². The molecule has 0 unspecified atom stereocenters. The van der Waals surface area contributed by atoms with Crippen molar-refractivity contribution < 1.29 is 14.3 Å². The molecule has 4 aromatic rings. The lowest BCUT2D eigenvalue weighted by Crippen LogP contribution is -2.15. The third-order valence-corrected chi connectivity index (χ3v) is 5.26. The van der Waals surface area contributed by atoms with Crippen molar-refractivity contribution in [2.24, 2.45) is 0 Å². The Morgan fingerprint density at radius 3 is 2.61 bits per heavy atom. The number of amides is 1. The molecular formula is C23H20N4O3S. The van der Waals surface area contributed by atoms with E-state index in [1.807, 2.05) is 77.4 Å². The fourth-order valence-electron chi connectivity index (χ4n) is 2.85. The minimum absolute atomic E-state index is 0.169. The van der Waals surface area contributed by atoms with Gasteiger partial charge >= 0.3 is 0 Å². The Balaban J connectivity index is 1.42. The highest BCUT2D eigenvalue weighted by molar-refractivity contribution is 7.99. The molecule has 1 amide bonds. The molecule has 1 N–H and O–H groups in total. The van der Waals surface area contributed by atoms with Gasteiger partial charge in [-0.3, -0.25) is 9.36 Å². The molecule has 0 spiro atoms. The average Bonchev–Trinajstić information content (AvgIpc) is 3.28. The number of ether oxygens (including phenoxy) is 2. The normalized spacial score (nSPS) is 10.5. The number of benzene rings is 3. The number of nitrogens with one attached hydrogen (secondary N) is 1. The second-order valence-electron chi connectivity index (χ2n) is 6.43. The third kappa shape index (κ3) is 5.23. The molecule has 7 nitrogen and oxygen atoms in total. The zero-order chi connectivity index (χ0) is 21.5. The summed E-state index contributed by atoms with van der Waals surface area (Å²) >= 11 is 1.29. The van der Waals surface area contributed by atoms with E-state index in [2.05, 4.69) is 15.5 Å². The van der Waals surface area contributed by atoms with Gasteiger partial charge in [0, 0.05) is 6.07 Å². The Labute approximate surface area is 184 Å². The maximum atomic E-state index is 12.6. The van der Waals surface area contributed by atoms with Crippen molar-refractivity contribution in [3.05, 3.63) is 85.2 Å². The summed E-state index contributed by atoms with van der Waals surface area (Å²) in [4.78, 5) is 12.6. The van der Waals surface area contributed by atoms with Crippen LogP contribution in [0.5, 0.6) is 17.2 Å². The second kappa shape index (κ2) is 9.82. The summed E-state index contributed by atoms with van der Waals surface area (Å²) in [6.45, 7) is 0. The number of nitrogens with zero attached hydrogens (tertiary/aromatic N) is 3. The molecular weight excluding hydrogens is 412 g/mol. The number of anilines is 1. The summed E-state index contributed by atoms with van der Waals surface area (Å²) in [5.41, 5.74) is 1.46. The van der Waals surface area contributed by atoms with Gasteiger partial charge in [0.2, 0.25) is 5.91 Å². The lowest BCUT2D eigenvalue weighted by Gasteiger charge is -2.12. The number of methoxy groups -OCH3 is 1. The number of rotatable bonds is 8. The van der Waals surface area contributed by atoms with Crippen molar-refractivity contribution >= 4 is 23.4 Å². The second-order valence-corrected chi connectivity index (χ2v) is 7.38. The molecule has 8 heteroatoms. The van der Waals surface area contributed by atoms with Gasteiger partial charge in [-0.2, -0.15) is 0 Å². The van der Waals surface area contributed by atoms with Gasteiger partial charge in [0.05, 0.1) is 24.2 Å². The van der Waals surface area contributed by atoms with Crippen LogP contribution in [0.2, 0.25) is 0 Å². The van der Waals surface area contributed by atoms with E-state index in [9.17, 15) is 4.79 Å². The number of hydrogen-bond acceptors (Lipinski definition) is 6. The third-order valence-electron chi connectivity index (χ3n) is 4.31. The first-order valence-electron chi connectivity index (χ1n) is 9.52. The highest BCUT2D eigenvalue weighted by Gasteiger charge is 2.13. The molecule has 0 aliphatic carbocycles. The molecule has 0 saturated carbocycles. The molecule has 0 aliphatic rings. The molecule has 4 rings (SSSR count). The van der Waals surface area contributed by atoms with Crippen LogP contribution in [0.4, 0.5) is 5.69 Å². The Hall–Kier alpha value is -3.78. The van der Waals surface area contributed by atoms with Crippen LogP contribution in [0.25, 0.3) is 5.69 Å². The lowest BCUT2D eigenvalue weighted by atomic mass is 10.3. The van der Waals surface area contributed by atoms with Gasteiger partial charge in [-0.15, -0.1) is 10.2 Å². The highest BCUT2D eigenvalue weighted by atomic mass is 32.2. The average molecular weight is 433 g/mol. The number of carbonyl (C=O) groups excluding carboxylic acids is 1. The Morgan fingerprint density at radius 2 is 1.77 bits per heavy atom. The molecule has 1 aromatic heterocycles. The van der Waals surface area contributed by atoms with Crippen LogP contribution in [0.1, 0.15) is 0 Å². The molecule has 31 heavy (non-hydrogen) atoms. The molecule has 156 valence electrons. The number of para-hydroxylation sites is 3. The summed E-state index contributed by atoms with van der Waals surface area (Å²) in [5.74, 6) is 2.00. The summed E-state index contributed by atoms with van der Waals surface area (Å²) in [7, 11) is 1.62. The van der Waals surface area contributed by atoms with Gasteiger partial charge in [0.15, 0.2) is 10.9 Å². The van der Waals surface area contributed by atoms with Crippen LogP contribution in [-0.4, -0.2) is 33.5 Å². The quantitative estimate of drug-likeness (QED) is 0.403. The van der Waals surface area contributed by atoms with Gasteiger partial charge in [-0.25, -0.2) is 0 Å². The summed E-state index contributed by atoms with van der Waals surface area (Å²) in [5, 5.41) is 11.6. The van der Waals surface area contributed by atoms with Crippen LogP contribution in [0.3, 0.4) is 0 Å². The van der Waals surface area contributed by atoms with Crippen LogP contribution in [-0.2, 0) is 4.79 Å². The van der Waals surface area contributed by atoms with Gasteiger partial charge in [0.25, 0.3) is 0 Å². The van der Waals surface area contributed by atoms with E-state index >= 15 is 0 Å². The van der Waals surface area contributed by atoms with Crippen molar-refractivity contribution in [1.82, 2.24) is 14.8 Å². The molecule has 3 aromatic carbocycles. The van der Waals surface area contributed by atoms with E-state index in [1.54, 1.807) is 19.5 Å². The maximum absolute atomic E-state index is 12.6. The van der Waals surface area contributed by atoms with Gasteiger partial charge in [0.1, 0.15) is 17.8 Å². The van der Waals surface area contributed by atoms with E-state index in [0.717, 1.165) is 11.4 Å². The minimum atomic E-state index is -0.172. The van der Waals surface area contributed by atoms with E-state index in [4.69, 9.17) is 9.47 Å². The first-order valence-corrected chi connectivity index (χ1v) is 10.5. The van der Waals surface area contributed by atoms with E-state index in [0.29, 0.717) is 22.3 Å². The maximum Gasteiger partial charge on any atom is 0.234 e. The monoisotopic (exact) mass is 432 g/mol. The van der Waals surface area contributed by atoms with Crippen LogP contribution < -0.4 is 14.8 Å². The molecule has 0 bridgehead atoms. The standard InChI is InChI=1S/C23H20N4O3S/c1-29-19-11-7-8-17(14-19)27-16-24-26-23(27)31-15-22(28)25-20-12-5-6-13-21(20)30-18-9-3-2-4-10-18/h2-14,16H,15H2,1H3,(H,25,28). The first-order chi connectivity index (χ1) is 15.2. The van der Waals surface area contributed by atoms with Crippen molar-refractivity contribution in [2.45, 2.75) is 5.16 Å². The van der Waals surface area contributed by atoms with Crippen molar-refractivity contribution in [2.75, 3.05) is 18.2 Å². The van der Waals surface area contributed by atoms with Gasteiger partial charge in [-0.05, 0) is 36.4 Å². The van der Waals surface area contributed by atoms with E-state index < -0.39 is 0 Å². The lowest BCUT2D eigenvalue weighted by molar-refractivity contribution is -0.113. The van der Waals surface area contributed by atoms with Crippen LogP contribution in [0, 0.1) is 0 Å². The Morgan fingerprint density at radius 1 is 1.00 bits per heavy atom. The molecule has 1 heterocycles. The Bertz CT molecular complexity index is 1160. The summed E-state index contributed by atoms with van der Waals surface area (Å²) in [6, 6.07) is 24.3. The highest BCUT2D eigenvalue weighted by Crippen LogP contribution is 2.29. The summed E-state index contributed by atoms with van der Waals surface area (Å²) < 4.78 is 13.0. The predicted octanol–water partition coefficient (Wildman–Crippen LogP) is 4.80. The van der Waals surface area contributed by atoms with Crippen LogP contribution in [0.15, 0.2) is 90.3 Å². The molecule has 0 atom stereocenters. The van der Waals surface area contributed by atoms with Crippen molar-refractivity contribution in [3.8, 4) is 22.9 Å². The number of hydrogen-bond donors (Lipinski definition) is 1. The fourth-order valence-corrected chi connectivity index (χ4v) is 3.58. The molecule has 0 fully saturated rings. The molecule has 0 aliphatic heterocycles. The molecule has 0 saturated heterocycles. The smallest absolute Gasteiger partial charge is 0.234 e. The van der Waals surface area contributed by atoms with Crippen molar-refractivity contribution in [3.63, 3.8) is 0 Å². The Kier molecular flexibility index (Phi) is 6.49. The zero-order valence-corrected chi connectivity index (χ0v) is 17.6. The predicted molar refractivity (Wildman–Crippen MR) is 120 cm³/mol. The number of carbonyl (C=O) groups is 1. The zero-order valence-electron chi connectivity index (χ0n) is 16.8.